The van der Waals surface area contributed by atoms with Crippen LogP contribution in [0.1, 0.15) is 56.2 Å². The summed E-state index contributed by atoms with van der Waals surface area (Å²) in [6, 6.07) is 6.48. The summed E-state index contributed by atoms with van der Waals surface area (Å²) in [4.78, 5) is 12.4. The van der Waals surface area contributed by atoms with Crippen LogP contribution in [0.25, 0.3) is 0 Å². The fourth-order valence-electron chi connectivity index (χ4n) is 3.73. The van der Waals surface area contributed by atoms with E-state index in [1.807, 2.05) is 0 Å². The maximum absolute atomic E-state index is 12.4. The van der Waals surface area contributed by atoms with Gasteiger partial charge in [-0.25, -0.2) is 0 Å². The quantitative estimate of drug-likeness (QED) is 0.899. The summed E-state index contributed by atoms with van der Waals surface area (Å²) in [5.74, 6) is 1.45. The molecule has 120 valence electrons. The van der Waals surface area contributed by atoms with E-state index in [0.29, 0.717) is 18.9 Å². The van der Waals surface area contributed by atoms with Crippen LogP contribution in [0.5, 0.6) is 5.75 Å². The Morgan fingerprint density at radius 3 is 2.95 bits per heavy atom. The Kier molecular flexibility index (Phi) is 4.67. The Balaban J connectivity index is 1.68. The van der Waals surface area contributed by atoms with E-state index in [0.717, 1.165) is 43.4 Å². The Bertz CT molecular complexity index is 544. The number of amides is 1. The molecule has 1 amide bonds. The van der Waals surface area contributed by atoms with Gasteiger partial charge in [0.15, 0.2) is 0 Å². The first kappa shape index (κ1) is 15.3. The molecule has 0 saturated heterocycles. The molecule has 1 fully saturated rings. The van der Waals surface area contributed by atoms with E-state index in [1.54, 1.807) is 0 Å². The van der Waals surface area contributed by atoms with Gasteiger partial charge in [-0.05, 0) is 30.7 Å². The van der Waals surface area contributed by atoms with Crippen LogP contribution in [0.15, 0.2) is 18.2 Å². The van der Waals surface area contributed by atoms with E-state index in [4.69, 9.17) is 10.5 Å². The molecule has 1 aliphatic carbocycles. The number of hydrogen-bond donors (Lipinski definition) is 2. The van der Waals surface area contributed by atoms with Gasteiger partial charge in [0.05, 0.1) is 12.6 Å². The Labute approximate surface area is 132 Å². The molecule has 1 aromatic carbocycles. The van der Waals surface area contributed by atoms with Crippen molar-refractivity contribution in [3.63, 3.8) is 0 Å². The summed E-state index contributed by atoms with van der Waals surface area (Å²) in [7, 11) is 0. The molecule has 1 unspecified atom stereocenters. The fraction of sp³-hybridized carbons (Fsp3) is 0.611. The second kappa shape index (κ2) is 6.69. The van der Waals surface area contributed by atoms with Crippen LogP contribution in [-0.4, -0.2) is 18.6 Å². The molecule has 0 spiro atoms. The van der Waals surface area contributed by atoms with Gasteiger partial charge < -0.3 is 15.8 Å². The largest absolute Gasteiger partial charge is 0.493 e. The topological polar surface area (TPSA) is 64.3 Å². The van der Waals surface area contributed by atoms with Crippen LogP contribution in [0.4, 0.5) is 0 Å². The van der Waals surface area contributed by atoms with Gasteiger partial charge in [0.2, 0.25) is 5.91 Å². The molecule has 4 heteroatoms. The standard InChI is InChI=1S/C18H26N2O2/c1-2-12-5-3-7-14-16(9-10-22-18(12)14)20-17(21)11-13-6-4-8-15(13)19/h3,5,7,13,15-16H,2,4,6,8-11,19H2,1H3,(H,20,21)/t13-,15+,16?/m0/s1. The molecule has 1 heterocycles. The lowest BCUT2D eigenvalue weighted by molar-refractivity contribution is -0.123. The van der Waals surface area contributed by atoms with Crippen molar-refractivity contribution in [2.45, 2.75) is 57.5 Å². The Morgan fingerprint density at radius 1 is 1.36 bits per heavy atom. The van der Waals surface area contributed by atoms with Gasteiger partial charge in [-0.3, -0.25) is 4.79 Å². The smallest absolute Gasteiger partial charge is 0.220 e. The minimum atomic E-state index is 0.0698. The van der Waals surface area contributed by atoms with Crippen molar-refractivity contribution >= 4 is 5.91 Å². The maximum Gasteiger partial charge on any atom is 0.220 e. The van der Waals surface area contributed by atoms with E-state index in [9.17, 15) is 4.79 Å². The lowest BCUT2D eigenvalue weighted by atomic mass is 9.95. The van der Waals surface area contributed by atoms with Crippen molar-refractivity contribution in [1.29, 1.82) is 0 Å². The van der Waals surface area contributed by atoms with Crippen molar-refractivity contribution in [2.75, 3.05) is 6.61 Å². The zero-order valence-corrected chi connectivity index (χ0v) is 13.3. The lowest BCUT2D eigenvalue weighted by Crippen LogP contribution is -2.35. The average molecular weight is 302 g/mol. The summed E-state index contributed by atoms with van der Waals surface area (Å²) >= 11 is 0. The highest BCUT2D eigenvalue weighted by molar-refractivity contribution is 5.77. The van der Waals surface area contributed by atoms with Crippen LogP contribution in [0.3, 0.4) is 0 Å². The fourth-order valence-corrected chi connectivity index (χ4v) is 3.73. The molecule has 0 bridgehead atoms. The van der Waals surface area contributed by atoms with Crippen molar-refractivity contribution in [1.82, 2.24) is 5.32 Å². The number of rotatable bonds is 4. The van der Waals surface area contributed by atoms with E-state index >= 15 is 0 Å². The molecule has 1 aromatic rings. The molecule has 22 heavy (non-hydrogen) atoms. The first-order valence-electron chi connectivity index (χ1n) is 8.48. The minimum absolute atomic E-state index is 0.0698. The molecule has 0 radical (unpaired) electrons. The third kappa shape index (κ3) is 3.12. The van der Waals surface area contributed by atoms with E-state index in [1.165, 1.54) is 5.56 Å². The molecule has 0 aromatic heterocycles. The number of para-hydroxylation sites is 1. The third-order valence-corrected chi connectivity index (χ3v) is 5.04. The predicted octanol–water partition coefficient (Wildman–Crippen LogP) is 2.71. The molecule has 1 saturated carbocycles. The molecule has 3 atom stereocenters. The third-order valence-electron chi connectivity index (χ3n) is 5.04. The minimum Gasteiger partial charge on any atom is -0.493 e. The number of nitrogens with one attached hydrogen (secondary N) is 1. The van der Waals surface area contributed by atoms with Crippen LogP contribution >= 0.6 is 0 Å². The van der Waals surface area contributed by atoms with Crippen molar-refractivity contribution in [3.8, 4) is 5.75 Å². The maximum atomic E-state index is 12.4. The van der Waals surface area contributed by atoms with Crippen molar-refractivity contribution < 1.29 is 9.53 Å². The number of carbonyl (C=O) groups excluding carboxylic acids is 1. The number of aryl methyl sites for hydroxylation is 1. The highest BCUT2D eigenvalue weighted by Gasteiger charge is 2.29. The van der Waals surface area contributed by atoms with E-state index in [2.05, 4.69) is 30.4 Å². The predicted molar refractivity (Wildman–Crippen MR) is 86.7 cm³/mol. The van der Waals surface area contributed by atoms with Crippen molar-refractivity contribution in [3.05, 3.63) is 29.3 Å². The highest BCUT2D eigenvalue weighted by atomic mass is 16.5. The summed E-state index contributed by atoms with van der Waals surface area (Å²) in [6.45, 7) is 2.79. The number of hydrogen-bond acceptors (Lipinski definition) is 3. The summed E-state index contributed by atoms with van der Waals surface area (Å²) < 4.78 is 5.84. The number of carbonyl (C=O) groups is 1. The molecule has 3 N–H and O–H groups in total. The normalized spacial score (nSPS) is 27.1. The molecular weight excluding hydrogens is 276 g/mol. The van der Waals surface area contributed by atoms with Gasteiger partial charge in [0.25, 0.3) is 0 Å². The van der Waals surface area contributed by atoms with Gasteiger partial charge in [-0.15, -0.1) is 0 Å². The summed E-state index contributed by atoms with van der Waals surface area (Å²) in [6.07, 6.45) is 5.63. The molecule has 1 aliphatic heterocycles. The Morgan fingerprint density at radius 2 is 2.23 bits per heavy atom. The van der Waals surface area contributed by atoms with Gasteiger partial charge in [0.1, 0.15) is 5.75 Å². The van der Waals surface area contributed by atoms with Crippen molar-refractivity contribution in [2.24, 2.45) is 11.7 Å². The molecular formula is C18H26N2O2. The monoisotopic (exact) mass is 302 g/mol. The molecule has 3 rings (SSSR count). The SMILES string of the molecule is CCc1cccc2c1OCCC2NC(=O)C[C@@H]1CCC[C@H]1N. The van der Waals surface area contributed by atoms with E-state index in [-0.39, 0.29) is 18.0 Å². The van der Waals surface area contributed by atoms with E-state index < -0.39 is 0 Å². The Hall–Kier alpha value is -1.55. The van der Waals surface area contributed by atoms with Crippen LogP contribution in [0, 0.1) is 5.92 Å². The number of fused-ring (bicyclic) bond motifs is 1. The zero-order chi connectivity index (χ0) is 15.5. The first-order chi connectivity index (χ1) is 10.7. The van der Waals surface area contributed by atoms with Gasteiger partial charge in [0, 0.05) is 24.4 Å². The zero-order valence-electron chi connectivity index (χ0n) is 13.3. The highest BCUT2D eigenvalue weighted by Crippen LogP contribution is 2.35. The number of benzene rings is 1. The average Bonchev–Trinajstić information content (AvgIpc) is 2.92. The van der Waals surface area contributed by atoms with Crippen LogP contribution < -0.4 is 15.8 Å². The second-order valence-electron chi connectivity index (χ2n) is 6.51. The van der Waals surface area contributed by atoms with Gasteiger partial charge in [-0.2, -0.15) is 0 Å². The molecule has 2 aliphatic rings. The number of nitrogens with two attached hydrogens (primary N) is 1. The number of ether oxygens (including phenoxy) is 1. The van der Waals surface area contributed by atoms with Gasteiger partial charge >= 0.3 is 0 Å². The summed E-state index contributed by atoms with van der Waals surface area (Å²) in [5.41, 5.74) is 8.41. The molecule has 4 nitrogen and oxygen atoms in total. The van der Waals surface area contributed by atoms with Crippen LogP contribution in [-0.2, 0) is 11.2 Å². The first-order valence-corrected chi connectivity index (χ1v) is 8.48. The second-order valence-corrected chi connectivity index (χ2v) is 6.51. The lowest BCUT2D eigenvalue weighted by Gasteiger charge is -2.29. The van der Waals surface area contributed by atoms with Crippen LogP contribution in [0.2, 0.25) is 0 Å². The summed E-state index contributed by atoms with van der Waals surface area (Å²) in [5, 5.41) is 3.20. The van der Waals surface area contributed by atoms with Gasteiger partial charge in [-0.1, -0.05) is 31.5 Å².